The smallest absolute Gasteiger partial charge is 0.186 e. The second-order valence-corrected chi connectivity index (χ2v) is 4.51. The molecule has 0 unspecified atom stereocenters. The Morgan fingerprint density at radius 1 is 1.38 bits per heavy atom. The van der Waals surface area contributed by atoms with Gasteiger partial charge in [0, 0.05) is 19.8 Å². The van der Waals surface area contributed by atoms with Crippen LogP contribution in [-0.4, -0.2) is 37.9 Å². The zero-order valence-corrected chi connectivity index (χ0v) is 13.0. The minimum atomic E-state index is -0.677. The second kappa shape index (κ2) is 8.36. The lowest BCUT2D eigenvalue weighted by Gasteiger charge is -2.18. The number of hydrogen-bond donors (Lipinski definition) is 2. The van der Waals surface area contributed by atoms with Crippen LogP contribution in [0.2, 0.25) is 0 Å². The SMILES string of the molecule is COc1c(O)ccc(C(OC)OC)c1N=C(NC#N)SC. The number of amidine groups is 1. The topological polar surface area (TPSA) is 96.1 Å². The van der Waals surface area contributed by atoms with Gasteiger partial charge in [0.2, 0.25) is 0 Å². The Hall–Kier alpha value is -1.95. The number of benzene rings is 1. The Balaban J connectivity index is 3.50. The van der Waals surface area contributed by atoms with E-state index in [0.717, 1.165) is 0 Å². The highest BCUT2D eigenvalue weighted by atomic mass is 32.2. The van der Waals surface area contributed by atoms with Crippen LogP contribution >= 0.6 is 11.8 Å². The summed E-state index contributed by atoms with van der Waals surface area (Å²) in [6.07, 6.45) is 2.89. The summed E-state index contributed by atoms with van der Waals surface area (Å²) in [4.78, 5) is 4.32. The Morgan fingerprint density at radius 2 is 2.05 bits per heavy atom. The van der Waals surface area contributed by atoms with Crippen molar-refractivity contribution in [3.05, 3.63) is 17.7 Å². The van der Waals surface area contributed by atoms with Gasteiger partial charge in [0.1, 0.15) is 5.69 Å². The molecule has 0 aliphatic carbocycles. The number of rotatable bonds is 5. The van der Waals surface area contributed by atoms with E-state index < -0.39 is 6.29 Å². The summed E-state index contributed by atoms with van der Waals surface area (Å²) in [5, 5.41) is 21.4. The van der Waals surface area contributed by atoms with E-state index in [-0.39, 0.29) is 11.5 Å². The average Bonchev–Trinajstić information content (AvgIpc) is 2.50. The third-order valence-electron chi connectivity index (χ3n) is 2.60. The summed E-state index contributed by atoms with van der Waals surface area (Å²) in [5.41, 5.74) is 0.902. The van der Waals surface area contributed by atoms with Crippen LogP contribution in [0.25, 0.3) is 0 Å². The first-order chi connectivity index (χ1) is 10.1. The van der Waals surface area contributed by atoms with Gasteiger partial charge in [-0.25, -0.2) is 4.99 Å². The summed E-state index contributed by atoms with van der Waals surface area (Å²) < 4.78 is 15.6. The van der Waals surface area contributed by atoms with E-state index in [9.17, 15) is 5.11 Å². The van der Waals surface area contributed by atoms with Crippen LogP contribution in [0.15, 0.2) is 17.1 Å². The van der Waals surface area contributed by atoms with Gasteiger partial charge in [-0.05, 0) is 18.4 Å². The highest BCUT2D eigenvalue weighted by Crippen LogP contribution is 2.42. The Bertz CT molecular complexity index is 553. The van der Waals surface area contributed by atoms with Crippen molar-refractivity contribution in [1.29, 1.82) is 5.26 Å². The summed E-state index contributed by atoms with van der Waals surface area (Å²) in [6.45, 7) is 0. The molecule has 0 fully saturated rings. The first kappa shape index (κ1) is 17.1. The number of ether oxygens (including phenoxy) is 3. The quantitative estimate of drug-likeness (QED) is 0.283. The maximum Gasteiger partial charge on any atom is 0.186 e. The van der Waals surface area contributed by atoms with Gasteiger partial charge in [-0.1, -0.05) is 11.8 Å². The fourth-order valence-corrected chi connectivity index (χ4v) is 2.04. The molecule has 0 spiro atoms. The van der Waals surface area contributed by atoms with Gasteiger partial charge in [0.05, 0.1) is 7.11 Å². The minimum absolute atomic E-state index is 0.0663. The number of nitrogens with zero attached hydrogens (tertiary/aromatic N) is 2. The lowest BCUT2D eigenvalue weighted by molar-refractivity contribution is -0.105. The van der Waals surface area contributed by atoms with Crippen molar-refractivity contribution in [3.8, 4) is 17.7 Å². The zero-order valence-electron chi connectivity index (χ0n) is 12.2. The van der Waals surface area contributed by atoms with E-state index in [1.54, 1.807) is 18.5 Å². The maximum absolute atomic E-state index is 9.89. The standard InChI is InChI=1S/C13H17N3O4S/c1-18-11-9(17)6-5-8(12(19-2)20-3)10(11)16-13(21-4)15-7-14/h5-6,12,17H,1-4H3,(H,15,16). The average molecular weight is 311 g/mol. The highest BCUT2D eigenvalue weighted by Gasteiger charge is 2.21. The van der Waals surface area contributed by atoms with Gasteiger partial charge >= 0.3 is 0 Å². The summed E-state index contributed by atoms with van der Waals surface area (Å²) in [7, 11) is 4.40. The molecule has 8 heteroatoms. The molecule has 0 heterocycles. The van der Waals surface area contributed by atoms with Crippen LogP contribution in [0.4, 0.5) is 5.69 Å². The number of phenolic OH excluding ortho intramolecular Hbond substituents is 1. The predicted octanol–water partition coefficient (Wildman–Crippen LogP) is 2.11. The molecule has 0 saturated heterocycles. The van der Waals surface area contributed by atoms with Gasteiger partial charge in [-0.2, -0.15) is 5.26 Å². The zero-order chi connectivity index (χ0) is 15.8. The van der Waals surface area contributed by atoms with Gasteiger partial charge < -0.3 is 19.3 Å². The van der Waals surface area contributed by atoms with Crippen LogP contribution in [0.5, 0.6) is 11.5 Å². The number of aromatic hydroxyl groups is 1. The third-order valence-corrected chi connectivity index (χ3v) is 3.18. The van der Waals surface area contributed by atoms with Crippen LogP contribution in [0, 0.1) is 11.5 Å². The first-order valence-electron chi connectivity index (χ1n) is 5.86. The molecule has 0 aromatic heterocycles. The molecule has 2 N–H and O–H groups in total. The van der Waals surface area contributed by atoms with Crippen molar-refractivity contribution in [1.82, 2.24) is 5.32 Å². The number of aliphatic imine (C=N–C) groups is 1. The molecular formula is C13H17N3O4S. The second-order valence-electron chi connectivity index (χ2n) is 3.72. The molecule has 0 aliphatic rings. The van der Waals surface area contributed by atoms with Gasteiger partial charge in [0.25, 0.3) is 0 Å². The number of hydrogen-bond acceptors (Lipinski definition) is 7. The molecular weight excluding hydrogens is 294 g/mol. The van der Waals surface area contributed by atoms with Gasteiger partial charge in [-0.3, -0.25) is 5.32 Å². The highest BCUT2D eigenvalue weighted by molar-refractivity contribution is 8.13. The van der Waals surface area contributed by atoms with Crippen molar-refractivity contribution < 1.29 is 19.3 Å². The lowest BCUT2D eigenvalue weighted by Crippen LogP contribution is -2.13. The van der Waals surface area contributed by atoms with E-state index in [0.29, 0.717) is 16.4 Å². The Morgan fingerprint density at radius 3 is 2.52 bits per heavy atom. The minimum Gasteiger partial charge on any atom is -0.504 e. The van der Waals surface area contributed by atoms with Crippen molar-refractivity contribution in [2.75, 3.05) is 27.6 Å². The van der Waals surface area contributed by atoms with E-state index in [4.69, 9.17) is 19.5 Å². The molecule has 0 radical (unpaired) electrons. The molecule has 1 aromatic carbocycles. The van der Waals surface area contributed by atoms with E-state index in [2.05, 4.69) is 10.3 Å². The monoisotopic (exact) mass is 311 g/mol. The number of phenols is 1. The molecule has 114 valence electrons. The Labute approximate surface area is 127 Å². The maximum atomic E-state index is 9.89. The normalized spacial score (nSPS) is 11.3. The fraction of sp³-hybridized carbons (Fsp3) is 0.385. The molecule has 0 bridgehead atoms. The van der Waals surface area contributed by atoms with E-state index in [1.807, 2.05) is 0 Å². The summed E-state index contributed by atoms with van der Waals surface area (Å²) in [5.74, 6) is 0.112. The van der Waals surface area contributed by atoms with E-state index in [1.165, 1.54) is 39.2 Å². The number of nitriles is 1. The number of nitrogens with one attached hydrogen (secondary N) is 1. The van der Waals surface area contributed by atoms with Crippen LogP contribution in [0.1, 0.15) is 11.9 Å². The molecule has 7 nitrogen and oxygen atoms in total. The third kappa shape index (κ3) is 4.01. The molecule has 1 rings (SSSR count). The van der Waals surface area contributed by atoms with Gasteiger partial charge in [0.15, 0.2) is 29.1 Å². The van der Waals surface area contributed by atoms with Crippen LogP contribution in [-0.2, 0) is 9.47 Å². The summed E-state index contributed by atoms with van der Waals surface area (Å²) in [6, 6.07) is 3.09. The molecule has 0 atom stereocenters. The van der Waals surface area contributed by atoms with Crippen molar-refractivity contribution in [2.45, 2.75) is 6.29 Å². The number of methoxy groups -OCH3 is 3. The Kier molecular flexibility index (Phi) is 6.81. The first-order valence-corrected chi connectivity index (χ1v) is 7.08. The molecule has 0 aliphatic heterocycles. The number of thioether (sulfide) groups is 1. The van der Waals surface area contributed by atoms with Gasteiger partial charge in [-0.15, -0.1) is 0 Å². The molecule has 0 saturated carbocycles. The lowest BCUT2D eigenvalue weighted by atomic mass is 10.1. The molecule has 21 heavy (non-hydrogen) atoms. The predicted molar refractivity (Wildman–Crippen MR) is 80.8 cm³/mol. The fourth-order valence-electron chi connectivity index (χ4n) is 1.71. The van der Waals surface area contributed by atoms with E-state index >= 15 is 0 Å². The largest absolute Gasteiger partial charge is 0.504 e. The molecule has 1 aromatic rings. The molecule has 0 amide bonds. The van der Waals surface area contributed by atoms with Crippen LogP contribution < -0.4 is 10.1 Å². The van der Waals surface area contributed by atoms with Crippen molar-refractivity contribution >= 4 is 22.6 Å². The van der Waals surface area contributed by atoms with Crippen LogP contribution in [0.3, 0.4) is 0 Å². The van der Waals surface area contributed by atoms with Crippen molar-refractivity contribution in [2.24, 2.45) is 4.99 Å². The van der Waals surface area contributed by atoms with Crippen molar-refractivity contribution in [3.63, 3.8) is 0 Å². The summed E-state index contributed by atoms with van der Waals surface area (Å²) >= 11 is 1.25.